The highest BCUT2D eigenvalue weighted by molar-refractivity contribution is 6.35. The monoisotopic (exact) mass is 381 g/mol. The van der Waals surface area contributed by atoms with Crippen molar-refractivity contribution in [3.63, 3.8) is 0 Å². The second-order valence-electron chi connectivity index (χ2n) is 5.64. The fourth-order valence-electron chi connectivity index (χ4n) is 2.54. The van der Waals surface area contributed by atoms with Crippen molar-refractivity contribution < 1.29 is 14.3 Å². The van der Waals surface area contributed by atoms with E-state index in [0.717, 1.165) is 11.1 Å². The Morgan fingerprint density at radius 1 is 1.08 bits per heavy atom. The Bertz CT molecular complexity index is 749. The summed E-state index contributed by atoms with van der Waals surface area (Å²) in [5.74, 6) is 1.27. The molecule has 1 N–H and O–H groups in total. The third-order valence-electron chi connectivity index (χ3n) is 3.90. The number of carbonyl (C=O) groups excluding carboxylic acids is 1. The fourth-order valence-corrected chi connectivity index (χ4v) is 3.11. The first-order valence-corrected chi connectivity index (χ1v) is 8.65. The second-order valence-corrected chi connectivity index (χ2v) is 6.49. The summed E-state index contributed by atoms with van der Waals surface area (Å²) in [7, 11) is 3.18. The molecule has 0 saturated heterocycles. The molecule has 134 valence electrons. The minimum atomic E-state index is -0.192. The molecule has 6 heteroatoms. The van der Waals surface area contributed by atoms with E-state index in [2.05, 4.69) is 5.32 Å². The van der Waals surface area contributed by atoms with Gasteiger partial charge in [-0.1, -0.05) is 35.3 Å². The van der Waals surface area contributed by atoms with Gasteiger partial charge in [-0.3, -0.25) is 4.79 Å². The topological polar surface area (TPSA) is 47.6 Å². The van der Waals surface area contributed by atoms with Crippen LogP contribution in [0.2, 0.25) is 10.0 Å². The molecule has 0 aliphatic heterocycles. The van der Waals surface area contributed by atoms with E-state index in [1.54, 1.807) is 26.4 Å². The highest BCUT2D eigenvalue weighted by atomic mass is 35.5. The Kier molecular flexibility index (Phi) is 6.97. The SMILES string of the molecule is COc1ccc(CCC(=O)NC(C)c2ccc(Cl)cc2Cl)cc1OC. The van der Waals surface area contributed by atoms with Gasteiger partial charge < -0.3 is 14.8 Å². The van der Waals surface area contributed by atoms with Crippen molar-refractivity contribution in [3.8, 4) is 11.5 Å². The lowest BCUT2D eigenvalue weighted by atomic mass is 10.1. The van der Waals surface area contributed by atoms with Gasteiger partial charge in [0.2, 0.25) is 5.91 Å². The number of ether oxygens (including phenoxy) is 2. The Labute approximate surface area is 158 Å². The van der Waals surface area contributed by atoms with E-state index < -0.39 is 0 Å². The molecule has 2 aromatic carbocycles. The zero-order valence-corrected chi connectivity index (χ0v) is 15.9. The second kappa shape index (κ2) is 8.97. The highest BCUT2D eigenvalue weighted by Gasteiger charge is 2.13. The van der Waals surface area contributed by atoms with Gasteiger partial charge in [0.05, 0.1) is 20.3 Å². The first-order valence-electron chi connectivity index (χ1n) is 7.89. The molecule has 2 aromatic rings. The van der Waals surface area contributed by atoms with E-state index in [-0.39, 0.29) is 11.9 Å². The predicted octanol–water partition coefficient (Wildman–Crippen LogP) is 4.82. The molecule has 2 rings (SSSR count). The summed E-state index contributed by atoms with van der Waals surface area (Å²) in [6.07, 6.45) is 0.971. The summed E-state index contributed by atoms with van der Waals surface area (Å²) in [4.78, 5) is 12.2. The largest absolute Gasteiger partial charge is 0.493 e. The van der Waals surface area contributed by atoms with Crippen LogP contribution in [0.25, 0.3) is 0 Å². The molecule has 0 saturated carbocycles. The van der Waals surface area contributed by atoms with Crippen LogP contribution in [0, 0.1) is 0 Å². The summed E-state index contributed by atoms with van der Waals surface area (Å²) < 4.78 is 10.5. The van der Waals surface area contributed by atoms with Crippen LogP contribution < -0.4 is 14.8 Å². The molecule has 0 bridgehead atoms. The highest BCUT2D eigenvalue weighted by Crippen LogP contribution is 2.28. The Balaban J connectivity index is 1.94. The maximum absolute atomic E-state index is 12.2. The Morgan fingerprint density at radius 3 is 2.44 bits per heavy atom. The summed E-state index contributed by atoms with van der Waals surface area (Å²) in [5, 5.41) is 4.07. The number of benzene rings is 2. The molecule has 0 radical (unpaired) electrons. The molecule has 0 fully saturated rings. The number of aryl methyl sites for hydroxylation is 1. The van der Waals surface area contributed by atoms with Gasteiger partial charge in [-0.15, -0.1) is 0 Å². The standard InChI is InChI=1S/C19H21Cl2NO3/c1-12(15-7-6-14(20)11-16(15)21)22-19(23)9-5-13-4-8-17(24-2)18(10-13)25-3/h4,6-8,10-12H,5,9H2,1-3H3,(H,22,23). The van der Waals surface area contributed by atoms with Crippen LogP contribution in [-0.4, -0.2) is 20.1 Å². The van der Waals surface area contributed by atoms with Crippen LogP contribution in [0.3, 0.4) is 0 Å². The minimum absolute atomic E-state index is 0.0479. The molecule has 0 aliphatic rings. The molecular weight excluding hydrogens is 361 g/mol. The van der Waals surface area contributed by atoms with Gasteiger partial charge in [0.1, 0.15) is 0 Å². The lowest BCUT2D eigenvalue weighted by Gasteiger charge is -2.16. The van der Waals surface area contributed by atoms with Crippen molar-refractivity contribution >= 4 is 29.1 Å². The lowest BCUT2D eigenvalue weighted by molar-refractivity contribution is -0.121. The predicted molar refractivity (Wildman–Crippen MR) is 101 cm³/mol. The van der Waals surface area contributed by atoms with Crippen molar-refractivity contribution in [3.05, 3.63) is 57.6 Å². The van der Waals surface area contributed by atoms with E-state index >= 15 is 0 Å². The minimum Gasteiger partial charge on any atom is -0.493 e. The maximum atomic E-state index is 12.2. The van der Waals surface area contributed by atoms with Crippen molar-refractivity contribution in [2.75, 3.05) is 14.2 Å². The fraction of sp³-hybridized carbons (Fsp3) is 0.316. The van der Waals surface area contributed by atoms with Crippen LogP contribution in [0.1, 0.15) is 30.5 Å². The van der Waals surface area contributed by atoms with E-state index in [0.29, 0.717) is 34.4 Å². The number of amides is 1. The van der Waals surface area contributed by atoms with Gasteiger partial charge in [-0.2, -0.15) is 0 Å². The van der Waals surface area contributed by atoms with Gasteiger partial charge in [-0.05, 0) is 48.7 Å². The van der Waals surface area contributed by atoms with E-state index in [1.807, 2.05) is 31.2 Å². The van der Waals surface area contributed by atoms with Crippen LogP contribution in [-0.2, 0) is 11.2 Å². The van der Waals surface area contributed by atoms with Gasteiger partial charge in [-0.25, -0.2) is 0 Å². The number of hydrogen-bond acceptors (Lipinski definition) is 3. The number of carbonyl (C=O) groups is 1. The van der Waals surface area contributed by atoms with E-state index in [1.165, 1.54) is 0 Å². The molecule has 25 heavy (non-hydrogen) atoms. The molecule has 1 atom stereocenters. The third kappa shape index (κ3) is 5.28. The molecule has 0 aromatic heterocycles. The van der Waals surface area contributed by atoms with Gasteiger partial charge in [0.25, 0.3) is 0 Å². The molecule has 0 heterocycles. The summed E-state index contributed by atoms with van der Waals surface area (Å²) in [6.45, 7) is 1.89. The molecular formula is C19H21Cl2NO3. The molecule has 0 spiro atoms. The van der Waals surface area contributed by atoms with Gasteiger partial charge in [0.15, 0.2) is 11.5 Å². The Hall–Kier alpha value is -1.91. The molecule has 1 unspecified atom stereocenters. The number of halogens is 2. The summed E-state index contributed by atoms with van der Waals surface area (Å²) in [6, 6.07) is 10.7. The average molecular weight is 382 g/mol. The number of rotatable bonds is 7. The van der Waals surface area contributed by atoms with Crippen molar-refractivity contribution in [1.29, 1.82) is 0 Å². The lowest BCUT2D eigenvalue weighted by Crippen LogP contribution is -2.27. The van der Waals surface area contributed by atoms with Crippen LogP contribution >= 0.6 is 23.2 Å². The van der Waals surface area contributed by atoms with Crippen LogP contribution in [0.4, 0.5) is 0 Å². The van der Waals surface area contributed by atoms with Crippen molar-refractivity contribution in [2.24, 2.45) is 0 Å². The smallest absolute Gasteiger partial charge is 0.220 e. The number of methoxy groups -OCH3 is 2. The Morgan fingerprint density at radius 2 is 1.80 bits per heavy atom. The number of hydrogen-bond donors (Lipinski definition) is 1. The first-order chi connectivity index (χ1) is 11.9. The van der Waals surface area contributed by atoms with E-state index in [4.69, 9.17) is 32.7 Å². The average Bonchev–Trinajstić information content (AvgIpc) is 2.59. The normalized spacial score (nSPS) is 11.7. The zero-order valence-electron chi connectivity index (χ0n) is 14.4. The molecule has 1 amide bonds. The summed E-state index contributed by atoms with van der Waals surface area (Å²) >= 11 is 12.1. The third-order valence-corrected chi connectivity index (χ3v) is 4.46. The molecule has 0 aliphatic carbocycles. The van der Waals surface area contributed by atoms with Gasteiger partial charge >= 0.3 is 0 Å². The van der Waals surface area contributed by atoms with Crippen molar-refractivity contribution in [1.82, 2.24) is 5.32 Å². The maximum Gasteiger partial charge on any atom is 0.220 e. The number of nitrogens with one attached hydrogen (secondary N) is 1. The quantitative estimate of drug-likeness (QED) is 0.747. The van der Waals surface area contributed by atoms with Gasteiger partial charge in [0, 0.05) is 16.5 Å². The first kappa shape index (κ1) is 19.4. The molecule has 4 nitrogen and oxygen atoms in total. The van der Waals surface area contributed by atoms with E-state index in [9.17, 15) is 4.79 Å². The van der Waals surface area contributed by atoms with Crippen LogP contribution in [0.5, 0.6) is 11.5 Å². The summed E-state index contributed by atoms with van der Waals surface area (Å²) in [5.41, 5.74) is 1.84. The van der Waals surface area contributed by atoms with Crippen LogP contribution in [0.15, 0.2) is 36.4 Å². The zero-order chi connectivity index (χ0) is 18.4. The van der Waals surface area contributed by atoms with Crippen molar-refractivity contribution in [2.45, 2.75) is 25.8 Å².